The number of amides is 1. The van der Waals surface area contributed by atoms with E-state index in [9.17, 15) is 4.79 Å². The average molecular weight is 292 g/mol. The Bertz CT molecular complexity index is 484. The summed E-state index contributed by atoms with van der Waals surface area (Å²) in [6.45, 7) is 4.85. The summed E-state index contributed by atoms with van der Waals surface area (Å²) < 4.78 is 5.71. The number of aromatic amines is 1. The second-order valence-electron chi connectivity index (χ2n) is 6.23. The number of primary amides is 1. The minimum absolute atomic E-state index is 0.329. The van der Waals surface area contributed by atoms with E-state index in [1.165, 1.54) is 12.8 Å². The zero-order valence-electron chi connectivity index (χ0n) is 12.4. The molecule has 0 bridgehead atoms. The lowest BCUT2D eigenvalue weighted by molar-refractivity contribution is 0.0861. The first kappa shape index (κ1) is 14.5. The van der Waals surface area contributed by atoms with Gasteiger partial charge in [-0.25, -0.2) is 0 Å². The monoisotopic (exact) mass is 292 g/mol. The summed E-state index contributed by atoms with van der Waals surface area (Å²) in [6.07, 6.45) is 4.97. The van der Waals surface area contributed by atoms with Gasteiger partial charge in [-0.05, 0) is 44.2 Å². The van der Waals surface area contributed by atoms with Crippen molar-refractivity contribution in [2.45, 2.75) is 31.6 Å². The summed E-state index contributed by atoms with van der Waals surface area (Å²) in [4.78, 5) is 13.5. The van der Waals surface area contributed by atoms with Gasteiger partial charge >= 0.3 is 0 Å². The first-order chi connectivity index (χ1) is 10.2. The maximum Gasteiger partial charge on any atom is 0.269 e. The van der Waals surface area contributed by atoms with E-state index < -0.39 is 5.91 Å². The van der Waals surface area contributed by atoms with Crippen molar-refractivity contribution in [3.63, 3.8) is 0 Å². The molecule has 1 aliphatic heterocycles. The molecule has 1 saturated heterocycles. The van der Waals surface area contributed by atoms with Crippen LogP contribution in [0.4, 0.5) is 0 Å². The van der Waals surface area contributed by atoms with Crippen LogP contribution in [0.25, 0.3) is 0 Å². The first-order valence-electron chi connectivity index (χ1n) is 7.87. The number of carbonyl (C=O) groups excluding carboxylic acids is 1. The third-order valence-electron chi connectivity index (χ3n) is 4.40. The summed E-state index contributed by atoms with van der Waals surface area (Å²) in [6, 6.07) is 1.79. The number of nitrogens with two attached hydrogens (primary N) is 1. The van der Waals surface area contributed by atoms with Crippen LogP contribution in [0.1, 0.15) is 47.8 Å². The van der Waals surface area contributed by atoms with Crippen molar-refractivity contribution in [3.8, 4) is 0 Å². The van der Waals surface area contributed by atoms with Gasteiger partial charge in [0.25, 0.3) is 5.91 Å². The van der Waals surface area contributed by atoms with Crippen molar-refractivity contribution in [1.29, 1.82) is 0 Å². The molecule has 1 aliphatic carbocycles. The van der Waals surface area contributed by atoms with E-state index in [-0.39, 0.29) is 0 Å². The van der Waals surface area contributed by atoms with Gasteiger partial charge in [-0.15, -0.1) is 0 Å². The van der Waals surface area contributed by atoms with E-state index in [4.69, 9.17) is 10.5 Å². The second-order valence-corrected chi connectivity index (χ2v) is 6.23. The van der Waals surface area contributed by atoms with Gasteiger partial charge in [0.2, 0.25) is 0 Å². The summed E-state index contributed by atoms with van der Waals surface area (Å²) in [5, 5.41) is 6.93. The van der Waals surface area contributed by atoms with E-state index in [1.807, 2.05) is 0 Å². The Morgan fingerprint density at radius 3 is 3.05 bits per heavy atom. The van der Waals surface area contributed by atoms with Gasteiger partial charge in [-0.3, -0.25) is 9.89 Å². The number of piperidine rings is 1. The standard InChI is InChI=1S/C15H24N4O2/c16-15(20)14-8-13(17-18-14)12-2-1-5-19(9-12)6-7-21-10-11-3-4-11/h8,11-12H,1-7,9-10H2,(H2,16,20)(H,17,18)/t12-/m1/s1. The van der Waals surface area contributed by atoms with Crippen LogP contribution in [0.15, 0.2) is 6.07 Å². The van der Waals surface area contributed by atoms with Gasteiger partial charge in [0.15, 0.2) is 0 Å². The Hall–Kier alpha value is -1.40. The summed E-state index contributed by atoms with van der Waals surface area (Å²) in [5.41, 5.74) is 6.60. The Morgan fingerprint density at radius 1 is 1.48 bits per heavy atom. The molecular formula is C15H24N4O2. The maximum atomic E-state index is 11.1. The highest BCUT2D eigenvalue weighted by Crippen LogP contribution is 2.29. The van der Waals surface area contributed by atoms with E-state index >= 15 is 0 Å². The largest absolute Gasteiger partial charge is 0.380 e. The molecule has 2 heterocycles. The number of carbonyl (C=O) groups is 1. The second kappa shape index (κ2) is 6.58. The Kier molecular flexibility index (Phi) is 4.55. The number of aromatic nitrogens is 2. The number of ether oxygens (including phenoxy) is 1. The molecule has 6 heteroatoms. The van der Waals surface area contributed by atoms with Crippen molar-refractivity contribution in [3.05, 3.63) is 17.5 Å². The number of likely N-dealkylation sites (tertiary alicyclic amines) is 1. The van der Waals surface area contributed by atoms with Gasteiger partial charge in [-0.2, -0.15) is 5.10 Å². The van der Waals surface area contributed by atoms with E-state index in [0.717, 1.165) is 57.3 Å². The number of nitrogens with zero attached hydrogens (tertiary/aromatic N) is 2. The molecule has 3 N–H and O–H groups in total. The van der Waals surface area contributed by atoms with Crippen molar-refractivity contribution in [1.82, 2.24) is 15.1 Å². The molecule has 1 aromatic heterocycles. The van der Waals surface area contributed by atoms with E-state index in [2.05, 4.69) is 15.1 Å². The Balaban J connectivity index is 1.46. The Morgan fingerprint density at radius 2 is 2.33 bits per heavy atom. The smallest absolute Gasteiger partial charge is 0.269 e. The molecule has 1 amide bonds. The lowest BCUT2D eigenvalue weighted by atomic mass is 9.94. The molecule has 21 heavy (non-hydrogen) atoms. The predicted molar refractivity (Wildman–Crippen MR) is 79.1 cm³/mol. The first-order valence-corrected chi connectivity index (χ1v) is 7.87. The van der Waals surface area contributed by atoms with Crippen LogP contribution in [0.2, 0.25) is 0 Å². The van der Waals surface area contributed by atoms with Crippen LogP contribution < -0.4 is 5.73 Å². The quantitative estimate of drug-likeness (QED) is 0.737. The molecule has 1 atom stereocenters. The number of rotatable bonds is 7. The van der Waals surface area contributed by atoms with Crippen LogP contribution in [0, 0.1) is 5.92 Å². The highest BCUT2D eigenvalue weighted by molar-refractivity contribution is 5.90. The lowest BCUT2D eigenvalue weighted by Crippen LogP contribution is -2.36. The number of nitrogens with one attached hydrogen (secondary N) is 1. The molecule has 6 nitrogen and oxygen atoms in total. The SMILES string of the molecule is NC(=O)c1cc([C@@H]2CCCN(CCOCC3CC3)C2)[nH]n1. The fourth-order valence-corrected chi connectivity index (χ4v) is 2.91. The van der Waals surface area contributed by atoms with Crippen LogP contribution in [0.5, 0.6) is 0 Å². The van der Waals surface area contributed by atoms with Gasteiger partial charge in [0, 0.05) is 31.3 Å². The molecule has 2 aliphatic rings. The van der Waals surface area contributed by atoms with E-state index in [0.29, 0.717) is 11.6 Å². The predicted octanol–water partition coefficient (Wildman–Crippen LogP) is 1.11. The molecule has 0 unspecified atom stereocenters. The van der Waals surface area contributed by atoms with Gasteiger partial charge in [0.05, 0.1) is 6.61 Å². The number of hydrogen-bond donors (Lipinski definition) is 2. The maximum absolute atomic E-state index is 11.1. The lowest BCUT2D eigenvalue weighted by Gasteiger charge is -2.32. The van der Waals surface area contributed by atoms with Crippen LogP contribution >= 0.6 is 0 Å². The van der Waals surface area contributed by atoms with Gasteiger partial charge < -0.3 is 15.4 Å². The van der Waals surface area contributed by atoms with Gasteiger partial charge in [0.1, 0.15) is 5.69 Å². The number of hydrogen-bond acceptors (Lipinski definition) is 4. The molecule has 3 rings (SSSR count). The Labute approximate surface area is 125 Å². The third-order valence-corrected chi connectivity index (χ3v) is 4.40. The zero-order chi connectivity index (χ0) is 14.7. The molecule has 1 aromatic rings. The minimum atomic E-state index is -0.473. The van der Waals surface area contributed by atoms with E-state index in [1.54, 1.807) is 6.07 Å². The fraction of sp³-hybridized carbons (Fsp3) is 0.733. The number of H-pyrrole nitrogens is 1. The molecule has 0 radical (unpaired) electrons. The highest BCUT2D eigenvalue weighted by Gasteiger charge is 2.24. The molecule has 0 aromatic carbocycles. The van der Waals surface area contributed by atoms with Crippen molar-refractivity contribution >= 4 is 5.91 Å². The average Bonchev–Trinajstić information content (AvgIpc) is 3.17. The van der Waals surface area contributed by atoms with Crippen LogP contribution in [-0.2, 0) is 4.74 Å². The molecule has 2 fully saturated rings. The van der Waals surface area contributed by atoms with Crippen LogP contribution in [0.3, 0.4) is 0 Å². The third kappa shape index (κ3) is 4.04. The normalized spacial score (nSPS) is 23.3. The fourth-order valence-electron chi connectivity index (χ4n) is 2.91. The van der Waals surface area contributed by atoms with Crippen LogP contribution in [-0.4, -0.2) is 53.9 Å². The molecule has 116 valence electrons. The topological polar surface area (TPSA) is 84.2 Å². The molecule has 1 saturated carbocycles. The van der Waals surface area contributed by atoms with Crippen molar-refractivity contribution < 1.29 is 9.53 Å². The summed E-state index contributed by atoms with van der Waals surface area (Å²) in [5.74, 6) is 0.762. The molecule has 0 spiro atoms. The molecular weight excluding hydrogens is 268 g/mol. The van der Waals surface area contributed by atoms with Crippen molar-refractivity contribution in [2.75, 3.05) is 32.8 Å². The summed E-state index contributed by atoms with van der Waals surface area (Å²) >= 11 is 0. The minimum Gasteiger partial charge on any atom is -0.380 e. The summed E-state index contributed by atoms with van der Waals surface area (Å²) in [7, 11) is 0. The van der Waals surface area contributed by atoms with Crippen molar-refractivity contribution in [2.24, 2.45) is 11.7 Å². The zero-order valence-corrected chi connectivity index (χ0v) is 12.4. The van der Waals surface area contributed by atoms with Gasteiger partial charge in [-0.1, -0.05) is 0 Å². The highest BCUT2D eigenvalue weighted by atomic mass is 16.5.